The van der Waals surface area contributed by atoms with Crippen molar-refractivity contribution in [3.63, 3.8) is 0 Å². The van der Waals surface area contributed by atoms with Crippen LogP contribution in [0.25, 0.3) is 0 Å². The van der Waals surface area contributed by atoms with Crippen molar-refractivity contribution in [1.82, 2.24) is 14.7 Å². The van der Waals surface area contributed by atoms with Crippen LogP contribution in [0.1, 0.15) is 36.7 Å². The van der Waals surface area contributed by atoms with Crippen molar-refractivity contribution in [3.8, 4) is 5.75 Å². The quantitative estimate of drug-likeness (QED) is 0.836. The average molecular weight is 345 g/mol. The Morgan fingerprint density at radius 2 is 2.16 bits per heavy atom. The maximum absolute atomic E-state index is 13.5. The van der Waals surface area contributed by atoms with Gasteiger partial charge in [-0.05, 0) is 44.9 Å². The summed E-state index contributed by atoms with van der Waals surface area (Å²) in [6.45, 7) is 5.63. The number of aryl methyl sites for hydroxylation is 2. The van der Waals surface area contributed by atoms with E-state index < -0.39 is 5.82 Å². The monoisotopic (exact) mass is 345 g/mol. The Morgan fingerprint density at radius 1 is 1.36 bits per heavy atom. The number of rotatable bonds is 5. The summed E-state index contributed by atoms with van der Waals surface area (Å²) in [6, 6.07) is 8.52. The highest BCUT2D eigenvalue weighted by Gasteiger charge is 2.26. The van der Waals surface area contributed by atoms with Crippen LogP contribution < -0.4 is 4.74 Å². The number of hydrogen-bond acceptors (Lipinski definition) is 3. The number of para-hydroxylation sites is 1. The molecule has 1 aliphatic heterocycles. The first-order valence-corrected chi connectivity index (χ1v) is 8.72. The number of halogens is 1. The predicted molar refractivity (Wildman–Crippen MR) is 93.1 cm³/mol. The molecule has 0 N–H and O–H groups in total. The average Bonchev–Trinajstić information content (AvgIpc) is 2.95. The fourth-order valence-corrected chi connectivity index (χ4v) is 3.36. The number of amides is 1. The van der Waals surface area contributed by atoms with Gasteiger partial charge in [0.1, 0.15) is 0 Å². The van der Waals surface area contributed by atoms with Crippen molar-refractivity contribution in [2.24, 2.45) is 0 Å². The summed E-state index contributed by atoms with van der Waals surface area (Å²) in [7, 11) is 0. The first-order valence-electron chi connectivity index (χ1n) is 8.72. The number of hydrogen-bond donors (Lipinski definition) is 0. The van der Waals surface area contributed by atoms with Crippen molar-refractivity contribution >= 4 is 5.91 Å². The summed E-state index contributed by atoms with van der Waals surface area (Å²) in [5.41, 5.74) is 2.12. The van der Waals surface area contributed by atoms with E-state index in [0.29, 0.717) is 6.54 Å². The van der Waals surface area contributed by atoms with E-state index in [-0.39, 0.29) is 30.7 Å². The molecule has 0 unspecified atom stereocenters. The van der Waals surface area contributed by atoms with Crippen molar-refractivity contribution in [2.45, 2.75) is 39.2 Å². The third-order valence-corrected chi connectivity index (χ3v) is 4.55. The van der Waals surface area contributed by atoms with E-state index in [2.05, 4.69) is 11.2 Å². The minimum atomic E-state index is -0.405. The molecule has 25 heavy (non-hydrogen) atoms. The Balaban J connectivity index is 1.53. The van der Waals surface area contributed by atoms with E-state index in [0.717, 1.165) is 30.8 Å². The lowest BCUT2D eigenvalue weighted by Crippen LogP contribution is -2.41. The second-order valence-electron chi connectivity index (χ2n) is 6.54. The minimum absolute atomic E-state index is 0.0440. The normalized spacial score (nSPS) is 17.6. The topological polar surface area (TPSA) is 47.4 Å². The highest BCUT2D eigenvalue weighted by molar-refractivity contribution is 5.76. The van der Waals surface area contributed by atoms with E-state index in [1.165, 1.54) is 6.07 Å². The van der Waals surface area contributed by atoms with Crippen LogP contribution in [0.5, 0.6) is 5.75 Å². The second-order valence-corrected chi connectivity index (χ2v) is 6.54. The second kappa shape index (κ2) is 7.68. The number of carbonyl (C=O) groups is 1. The van der Waals surface area contributed by atoms with E-state index in [1.54, 1.807) is 18.2 Å². The number of likely N-dealkylation sites (tertiary alicyclic amines) is 1. The molecular weight excluding hydrogens is 321 g/mol. The van der Waals surface area contributed by atoms with Gasteiger partial charge >= 0.3 is 0 Å². The Hall–Kier alpha value is -2.37. The number of carbonyl (C=O) groups excluding carboxylic acids is 1. The van der Waals surface area contributed by atoms with Crippen LogP contribution >= 0.6 is 0 Å². The van der Waals surface area contributed by atoms with Gasteiger partial charge in [-0.3, -0.25) is 9.48 Å². The van der Waals surface area contributed by atoms with Gasteiger partial charge < -0.3 is 9.64 Å². The highest BCUT2D eigenvalue weighted by Crippen LogP contribution is 2.23. The number of aromatic nitrogens is 2. The fraction of sp³-hybridized carbons (Fsp3) is 0.474. The molecule has 0 radical (unpaired) electrons. The number of nitrogens with zero attached hydrogens (tertiary/aromatic N) is 3. The van der Waals surface area contributed by atoms with Crippen LogP contribution in [-0.4, -0.2) is 40.3 Å². The zero-order valence-electron chi connectivity index (χ0n) is 14.7. The molecule has 0 aliphatic carbocycles. The van der Waals surface area contributed by atoms with Crippen LogP contribution in [-0.2, 0) is 4.79 Å². The van der Waals surface area contributed by atoms with Crippen molar-refractivity contribution in [3.05, 3.63) is 47.5 Å². The largest absolute Gasteiger partial charge is 0.490 e. The van der Waals surface area contributed by atoms with E-state index in [1.807, 2.05) is 23.4 Å². The first-order chi connectivity index (χ1) is 12.0. The van der Waals surface area contributed by atoms with Gasteiger partial charge in [-0.25, -0.2) is 4.39 Å². The highest BCUT2D eigenvalue weighted by atomic mass is 19.1. The lowest BCUT2D eigenvalue weighted by Gasteiger charge is -2.33. The Kier molecular flexibility index (Phi) is 5.36. The van der Waals surface area contributed by atoms with E-state index in [9.17, 15) is 9.18 Å². The molecular formula is C19H24FN3O2. The van der Waals surface area contributed by atoms with Crippen molar-refractivity contribution < 1.29 is 13.9 Å². The van der Waals surface area contributed by atoms with E-state index >= 15 is 0 Å². The summed E-state index contributed by atoms with van der Waals surface area (Å²) in [5, 5.41) is 4.55. The third kappa shape index (κ3) is 4.18. The molecule has 3 rings (SSSR count). The molecule has 2 aromatic rings. The number of piperidine rings is 1. The predicted octanol–water partition coefficient (Wildman–Crippen LogP) is 3.27. The molecule has 1 aliphatic rings. The van der Waals surface area contributed by atoms with Crippen LogP contribution in [0.3, 0.4) is 0 Å². The third-order valence-electron chi connectivity index (χ3n) is 4.55. The molecule has 5 nitrogen and oxygen atoms in total. The van der Waals surface area contributed by atoms with Gasteiger partial charge in [-0.15, -0.1) is 0 Å². The van der Waals surface area contributed by atoms with Gasteiger partial charge in [0, 0.05) is 18.8 Å². The first kappa shape index (κ1) is 17.5. The number of benzene rings is 1. The molecule has 1 aromatic heterocycles. The summed E-state index contributed by atoms with van der Waals surface area (Å²) in [4.78, 5) is 14.3. The minimum Gasteiger partial charge on any atom is -0.490 e. The van der Waals surface area contributed by atoms with Gasteiger partial charge in [0.2, 0.25) is 5.91 Å². The summed E-state index contributed by atoms with van der Waals surface area (Å²) in [5.74, 6) is -0.172. The van der Waals surface area contributed by atoms with Gasteiger partial charge in [0.25, 0.3) is 0 Å². The van der Waals surface area contributed by atoms with Crippen LogP contribution in [0.2, 0.25) is 0 Å². The molecule has 1 fully saturated rings. The molecule has 134 valence electrons. The molecule has 1 saturated heterocycles. The zero-order chi connectivity index (χ0) is 17.8. The van der Waals surface area contributed by atoms with Crippen molar-refractivity contribution in [2.75, 3.05) is 19.7 Å². The Bertz CT molecular complexity index is 744. The Morgan fingerprint density at radius 3 is 2.88 bits per heavy atom. The molecule has 1 aromatic carbocycles. The molecule has 0 bridgehead atoms. The molecule has 2 heterocycles. The lowest BCUT2D eigenvalue weighted by molar-refractivity contribution is -0.133. The summed E-state index contributed by atoms with van der Waals surface area (Å²) >= 11 is 0. The van der Waals surface area contributed by atoms with Crippen molar-refractivity contribution in [1.29, 1.82) is 0 Å². The fourth-order valence-electron chi connectivity index (χ4n) is 3.36. The molecule has 0 spiro atoms. The van der Waals surface area contributed by atoms with Crippen LogP contribution in [0, 0.1) is 19.7 Å². The lowest BCUT2D eigenvalue weighted by atomic mass is 10.1. The van der Waals surface area contributed by atoms with E-state index in [4.69, 9.17) is 4.74 Å². The van der Waals surface area contributed by atoms with Gasteiger partial charge in [0.15, 0.2) is 11.6 Å². The molecule has 6 heteroatoms. The molecule has 1 atom stereocenters. The van der Waals surface area contributed by atoms with Gasteiger partial charge in [-0.1, -0.05) is 12.1 Å². The standard InChI is InChI=1S/C19H24FN3O2/c1-14-12-15(2)23(21-14)16-6-5-10-22(13-16)19(24)9-11-25-18-8-4-3-7-17(18)20/h3-4,7-8,12,16H,5-6,9-11,13H2,1-2H3/t16-/m0/s1. The van der Waals surface area contributed by atoms with Gasteiger partial charge in [0.05, 0.1) is 24.8 Å². The molecule has 1 amide bonds. The Labute approximate surface area is 147 Å². The van der Waals surface area contributed by atoms with Gasteiger partial charge in [-0.2, -0.15) is 5.10 Å². The molecule has 0 saturated carbocycles. The summed E-state index contributed by atoms with van der Waals surface area (Å²) < 4.78 is 20.9. The maximum atomic E-state index is 13.5. The maximum Gasteiger partial charge on any atom is 0.226 e. The van der Waals surface area contributed by atoms with Crippen LogP contribution in [0.15, 0.2) is 30.3 Å². The summed E-state index contributed by atoms with van der Waals surface area (Å²) in [6.07, 6.45) is 2.23. The van der Waals surface area contributed by atoms with Crippen LogP contribution in [0.4, 0.5) is 4.39 Å². The zero-order valence-corrected chi connectivity index (χ0v) is 14.7. The number of ether oxygens (including phenoxy) is 1. The SMILES string of the molecule is Cc1cc(C)n([C@H]2CCCN(C(=O)CCOc3ccccc3F)C2)n1. The smallest absolute Gasteiger partial charge is 0.226 e.